The van der Waals surface area contributed by atoms with Gasteiger partial charge in [0.2, 0.25) is 15.8 Å². The number of benzene rings is 1. The molecule has 0 aliphatic carbocycles. The minimum atomic E-state index is -3.48. The van der Waals surface area contributed by atoms with Crippen LogP contribution in [-0.2, 0) is 10.0 Å². The van der Waals surface area contributed by atoms with Crippen molar-refractivity contribution in [1.82, 2.24) is 19.8 Å². The molecule has 0 saturated carbocycles. The van der Waals surface area contributed by atoms with Crippen molar-refractivity contribution in [3.63, 3.8) is 0 Å². The average molecular weight is 392 g/mol. The predicted octanol–water partition coefficient (Wildman–Crippen LogP) is 2.44. The summed E-state index contributed by atoms with van der Waals surface area (Å²) < 4.78 is 31.9. The third-order valence-corrected chi connectivity index (χ3v) is 6.59. The molecule has 1 aliphatic rings. The molecule has 1 N–H and O–H groups in total. The van der Waals surface area contributed by atoms with Gasteiger partial charge < -0.3 is 9.84 Å². The van der Waals surface area contributed by atoms with Gasteiger partial charge in [0.15, 0.2) is 0 Å². The molecule has 9 heteroatoms. The van der Waals surface area contributed by atoms with Gasteiger partial charge >= 0.3 is 11.8 Å². The standard InChI is InChI=1S/C18H24N4O4S/c1-3-13(2)19-17(23)18-20-16(21-26-18)14-7-9-15(10-8-14)27(24,25)22-11-5-4-6-12-22/h7-10,13H,3-6,11-12H2,1-2H3,(H,19,23)/t13-/m1/s1. The van der Waals surface area contributed by atoms with Crippen molar-refractivity contribution in [3.05, 3.63) is 30.2 Å². The maximum absolute atomic E-state index is 12.7. The summed E-state index contributed by atoms with van der Waals surface area (Å²) in [5.74, 6) is -0.297. The predicted molar refractivity (Wildman–Crippen MR) is 99.6 cm³/mol. The van der Waals surface area contributed by atoms with Crippen LogP contribution in [0.15, 0.2) is 33.7 Å². The number of aromatic nitrogens is 2. The van der Waals surface area contributed by atoms with Crippen molar-refractivity contribution < 1.29 is 17.7 Å². The molecule has 1 saturated heterocycles. The Balaban J connectivity index is 1.75. The number of piperidine rings is 1. The summed E-state index contributed by atoms with van der Waals surface area (Å²) in [6, 6.07) is 6.33. The topological polar surface area (TPSA) is 105 Å². The lowest BCUT2D eigenvalue weighted by Gasteiger charge is -2.25. The molecule has 3 rings (SSSR count). The molecule has 0 spiro atoms. The third-order valence-electron chi connectivity index (χ3n) is 4.68. The van der Waals surface area contributed by atoms with Crippen LogP contribution in [0.2, 0.25) is 0 Å². The van der Waals surface area contributed by atoms with E-state index in [-0.39, 0.29) is 22.7 Å². The van der Waals surface area contributed by atoms with E-state index in [4.69, 9.17) is 4.52 Å². The van der Waals surface area contributed by atoms with E-state index in [1.165, 1.54) is 16.4 Å². The van der Waals surface area contributed by atoms with Gasteiger partial charge in [-0.1, -0.05) is 18.5 Å². The van der Waals surface area contributed by atoms with Gasteiger partial charge in [0.05, 0.1) is 4.90 Å². The van der Waals surface area contributed by atoms with E-state index in [0.29, 0.717) is 18.7 Å². The molecule has 1 amide bonds. The minimum Gasteiger partial charge on any atom is -0.345 e. The highest BCUT2D eigenvalue weighted by Gasteiger charge is 2.26. The van der Waals surface area contributed by atoms with E-state index >= 15 is 0 Å². The van der Waals surface area contributed by atoms with Crippen LogP contribution in [-0.4, -0.2) is 47.9 Å². The molecular weight excluding hydrogens is 368 g/mol. The summed E-state index contributed by atoms with van der Waals surface area (Å²) in [6.07, 6.45) is 3.64. The molecule has 0 radical (unpaired) electrons. The first kappa shape index (κ1) is 19.5. The van der Waals surface area contributed by atoms with Crippen LogP contribution in [0.3, 0.4) is 0 Å². The van der Waals surface area contributed by atoms with Gasteiger partial charge in [0, 0.05) is 24.7 Å². The van der Waals surface area contributed by atoms with Gasteiger partial charge in [-0.25, -0.2) is 8.42 Å². The molecule has 27 heavy (non-hydrogen) atoms. The van der Waals surface area contributed by atoms with Crippen LogP contribution < -0.4 is 5.32 Å². The number of nitrogens with one attached hydrogen (secondary N) is 1. The summed E-state index contributed by atoms with van der Waals surface area (Å²) in [6.45, 7) is 4.97. The van der Waals surface area contributed by atoms with Crippen LogP contribution in [0.25, 0.3) is 11.4 Å². The lowest BCUT2D eigenvalue weighted by Crippen LogP contribution is -2.35. The summed E-state index contributed by atoms with van der Waals surface area (Å²) in [7, 11) is -3.48. The van der Waals surface area contributed by atoms with Crippen molar-refractivity contribution >= 4 is 15.9 Å². The number of amides is 1. The minimum absolute atomic E-state index is 0.00660. The molecule has 1 aliphatic heterocycles. The highest BCUT2D eigenvalue weighted by atomic mass is 32.2. The van der Waals surface area contributed by atoms with Crippen LogP contribution in [0, 0.1) is 0 Å². The van der Waals surface area contributed by atoms with Gasteiger partial charge in [-0.15, -0.1) is 0 Å². The van der Waals surface area contributed by atoms with E-state index < -0.39 is 15.9 Å². The molecule has 146 valence electrons. The number of carbonyl (C=O) groups is 1. The molecular formula is C18H24N4O4S. The maximum atomic E-state index is 12.7. The Labute approximate surface area is 159 Å². The number of carbonyl (C=O) groups excluding carboxylic acids is 1. The van der Waals surface area contributed by atoms with Crippen molar-refractivity contribution in [2.75, 3.05) is 13.1 Å². The zero-order valence-corrected chi connectivity index (χ0v) is 16.3. The Morgan fingerprint density at radius 1 is 1.22 bits per heavy atom. The smallest absolute Gasteiger partial charge is 0.316 e. The van der Waals surface area contributed by atoms with Crippen LogP contribution >= 0.6 is 0 Å². The van der Waals surface area contributed by atoms with Crippen molar-refractivity contribution in [2.24, 2.45) is 0 Å². The van der Waals surface area contributed by atoms with Gasteiger partial charge in [-0.3, -0.25) is 4.79 Å². The molecule has 1 atom stereocenters. The molecule has 1 fully saturated rings. The van der Waals surface area contributed by atoms with Crippen LogP contribution in [0.4, 0.5) is 0 Å². The Hall–Kier alpha value is -2.26. The fraction of sp³-hybridized carbons (Fsp3) is 0.500. The number of hydrogen-bond donors (Lipinski definition) is 1. The number of rotatable bonds is 6. The van der Waals surface area contributed by atoms with E-state index in [0.717, 1.165) is 25.7 Å². The van der Waals surface area contributed by atoms with Gasteiger partial charge in [0.1, 0.15) is 0 Å². The quantitative estimate of drug-likeness (QED) is 0.809. The Kier molecular flexibility index (Phi) is 5.91. The summed E-state index contributed by atoms with van der Waals surface area (Å²) in [4.78, 5) is 16.4. The fourth-order valence-corrected chi connectivity index (χ4v) is 4.37. The fourth-order valence-electron chi connectivity index (χ4n) is 2.85. The van der Waals surface area contributed by atoms with Crippen molar-refractivity contribution in [3.8, 4) is 11.4 Å². The zero-order chi connectivity index (χ0) is 19.4. The first-order chi connectivity index (χ1) is 12.9. The molecule has 1 aromatic carbocycles. The number of sulfonamides is 1. The zero-order valence-electron chi connectivity index (χ0n) is 15.5. The Bertz CT molecular complexity index is 886. The SMILES string of the molecule is CC[C@@H](C)NC(=O)c1nc(-c2ccc(S(=O)(=O)N3CCCCC3)cc2)no1. The molecule has 8 nitrogen and oxygen atoms in total. The van der Waals surface area contributed by atoms with E-state index in [9.17, 15) is 13.2 Å². The lowest BCUT2D eigenvalue weighted by atomic mass is 10.2. The first-order valence-corrected chi connectivity index (χ1v) is 10.6. The van der Waals surface area contributed by atoms with Gasteiger partial charge in [-0.05, 0) is 50.5 Å². The second-order valence-electron chi connectivity index (χ2n) is 6.70. The van der Waals surface area contributed by atoms with E-state index in [1.54, 1.807) is 12.1 Å². The van der Waals surface area contributed by atoms with Crippen molar-refractivity contribution in [1.29, 1.82) is 0 Å². The lowest BCUT2D eigenvalue weighted by molar-refractivity contribution is 0.0895. The Morgan fingerprint density at radius 2 is 1.89 bits per heavy atom. The first-order valence-electron chi connectivity index (χ1n) is 9.17. The maximum Gasteiger partial charge on any atom is 0.316 e. The van der Waals surface area contributed by atoms with E-state index in [1.807, 2.05) is 13.8 Å². The van der Waals surface area contributed by atoms with Gasteiger partial charge in [-0.2, -0.15) is 9.29 Å². The largest absolute Gasteiger partial charge is 0.345 e. The highest BCUT2D eigenvalue weighted by molar-refractivity contribution is 7.89. The second kappa shape index (κ2) is 8.18. The molecule has 1 aromatic heterocycles. The van der Waals surface area contributed by atoms with E-state index in [2.05, 4.69) is 15.5 Å². The molecule has 0 unspecified atom stereocenters. The van der Waals surface area contributed by atoms with Crippen LogP contribution in [0.5, 0.6) is 0 Å². The summed E-state index contributed by atoms with van der Waals surface area (Å²) in [5.41, 5.74) is 0.582. The molecule has 2 heterocycles. The monoisotopic (exact) mass is 392 g/mol. The molecule has 2 aromatic rings. The Morgan fingerprint density at radius 3 is 2.52 bits per heavy atom. The highest BCUT2D eigenvalue weighted by Crippen LogP contribution is 2.23. The molecule has 0 bridgehead atoms. The second-order valence-corrected chi connectivity index (χ2v) is 8.63. The number of hydrogen-bond acceptors (Lipinski definition) is 6. The summed E-state index contributed by atoms with van der Waals surface area (Å²) >= 11 is 0. The third kappa shape index (κ3) is 4.36. The normalized spacial score (nSPS) is 16.8. The number of nitrogens with zero attached hydrogens (tertiary/aromatic N) is 3. The van der Waals surface area contributed by atoms with Crippen LogP contribution in [0.1, 0.15) is 50.2 Å². The summed E-state index contributed by atoms with van der Waals surface area (Å²) in [5, 5.41) is 6.57. The average Bonchev–Trinajstić information content (AvgIpc) is 3.19. The van der Waals surface area contributed by atoms with Gasteiger partial charge in [0.25, 0.3) is 0 Å². The van der Waals surface area contributed by atoms with Crippen molar-refractivity contribution in [2.45, 2.75) is 50.5 Å².